The molecule has 0 saturated carbocycles. The van der Waals surface area contributed by atoms with Crippen LogP contribution < -0.4 is 5.73 Å². The lowest BCUT2D eigenvalue weighted by molar-refractivity contribution is 0.282. The number of hydrogen-bond acceptors (Lipinski definition) is 5. The molecule has 0 amide bonds. The summed E-state index contributed by atoms with van der Waals surface area (Å²) in [6, 6.07) is 9.97. The van der Waals surface area contributed by atoms with E-state index in [2.05, 4.69) is 16.3 Å². The van der Waals surface area contributed by atoms with Gasteiger partial charge in [-0.05, 0) is 55.2 Å². The van der Waals surface area contributed by atoms with Gasteiger partial charge in [0.2, 0.25) is 0 Å². The molecule has 4 rings (SSSR count). The summed E-state index contributed by atoms with van der Waals surface area (Å²) in [4.78, 5) is 8.81. The molecule has 1 aromatic carbocycles. The number of aliphatic hydroxyl groups is 1. The highest BCUT2D eigenvalue weighted by Gasteiger charge is 2.10. The fourth-order valence-corrected chi connectivity index (χ4v) is 3.00. The SMILES string of the molecule is Cc1c(CCc2ccc3nc(N)oc3c2)nc2cc(CO)ccn12. The van der Waals surface area contributed by atoms with Gasteiger partial charge in [-0.15, -0.1) is 0 Å². The highest BCUT2D eigenvalue weighted by molar-refractivity contribution is 5.74. The highest BCUT2D eigenvalue weighted by Crippen LogP contribution is 2.20. The van der Waals surface area contributed by atoms with Crippen LogP contribution in [0.15, 0.2) is 40.9 Å². The monoisotopic (exact) mass is 322 g/mol. The normalized spacial score (nSPS) is 11.6. The van der Waals surface area contributed by atoms with Crippen LogP contribution in [0.25, 0.3) is 16.7 Å². The maximum Gasteiger partial charge on any atom is 0.292 e. The summed E-state index contributed by atoms with van der Waals surface area (Å²) in [6.45, 7) is 2.09. The number of rotatable bonds is 4. The van der Waals surface area contributed by atoms with Crippen molar-refractivity contribution in [3.8, 4) is 0 Å². The molecule has 0 spiro atoms. The molecule has 0 fully saturated rings. The van der Waals surface area contributed by atoms with Crippen molar-refractivity contribution in [1.29, 1.82) is 0 Å². The molecule has 3 heterocycles. The van der Waals surface area contributed by atoms with E-state index >= 15 is 0 Å². The first-order chi connectivity index (χ1) is 11.6. The van der Waals surface area contributed by atoms with Crippen LogP contribution in [0, 0.1) is 6.92 Å². The molecule has 3 N–H and O–H groups in total. The predicted octanol–water partition coefficient (Wildman–Crippen LogP) is 2.64. The molecule has 0 aliphatic rings. The summed E-state index contributed by atoms with van der Waals surface area (Å²) in [7, 11) is 0. The third-order valence-corrected chi connectivity index (χ3v) is 4.33. The lowest BCUT2D eigenvalue weighted by Crippen LogP contribution is -1.95. The minimum absolute atomic E-state index is 0.0259. The molecule has 0 aliphatic carbocycles. The van der Waals surface area contributed by atoms with Crippen molar-refractivity contribution in [3.05, 3.63) is 59.0 Å². The molecule has 24 heavy (non-hydrogen) atoms. The van der Waals surface area contributed by atoms with E-state index in [9.17, 15) is 5.11 Å². The quantitative estimate of drug-likeness (QED) is 0.603. The topological polar surface area (TPSA) is 89.6 Å². The summed E-state index contributed by atoms with van der Waals surface area (Å²) in [5.41, 5.74) is 12.1. The van der Waals surface area contributed by atoms with Crippen LogP contribution in [0.4, 0.5) is 6.01 Å². The number of oxazole rings is 1. The molecule has 6 heteroatoms. The smallest absolute Gasteiger partial charge is 0.292 e. The zero-order valence-electron chi connectivity index (χ0n) is 13.4. The van der Waals surface area contributed by atoms with Crippen LogP contribution in [0.5, 0.6) is 0 Å². The number of fused-ring (bicyclic) bond motifs is 2. The predicted molar refractivity (Wildman–Crippen MR) is 91.7 cm³/mol. The van der Waals surface area contributed by atoms with Gasteiger partial charge in [-0.25, -0.2) is 4.98 Å². The summed E-state index contributed by atoms with van der Waals surface area (Å²) in [6.07, 6.45) is 3.64. The zero-order valence-corrected chi connectivity index (χ0v) is 13.4. The summed E-state index contributed by atoms with van der Waals surface area (Å²) in [5, 5.41) is 9.25. The van der Waals surface area contributed by atoms with E-state index in [0.717, 1.165) is 46.5 Å². The van der Waals surface area contributed by atoms with Crippen LogP contribution in [0.1, 0.15) is 22.5 Å². The Morgan fingerprint density at radius 2 is 2.00 bits per heavy atom. The van der Waals surface area contributed by atoms with Crippen molar-refractivity contribution >= 4 is 22.8 Å². The number of hydrogen-bond donors (Lipinski definition) is 2. The van der Waals surface area contributed by atoms with Crippen LogP contribution in [-0.2, 0) is 19.4 Å². The number of nitrogens with two attached hydrogens (primary N) is 1. The van der Waals surface area contributed by atoms with E-state index in [1.165, 1.54) is 0 Å². The van der Waals surface area contributed by atoms with Gasteiger partial charge in [0, 0.05) is 11.9 Å². The Hall–Kier alpha value is -2.86. The highest BCUT2D eigenvalue weighted by atomic mass is 16.4. The number of aromatic nitrogens is 3. The van der Waals surface area contributed by atoms with Crippen molar-refractivity contribution in [2.75, 3.05) is 5.73 Å². The molecule has 0 saturated heterocycles. The first-order valence-electron chi connectivity index (χ1n) is 7.86. The molecule has 0 unspecified atom stereocenters. The van der Waals surface area contributed by atoms with Gasteiger partial charge in [0.1, 0.15) is 11.2 Å². The molecule has 6 nitrogen and oxygen atoms in total. The first-order valence-corrected chi connectivity index (χ1v) is 7.86. The Balaban J connectivity index is 1.60. The molecular weight excluding hydrogens is 304 g/mol. The van der Waals surface area contributed by atoms with Gasteiger partial charge in [0.15, 0.2) is 5.58 Å². The van der Waals surface area contributed by atoms with Crippen molar-refractivity contribution in [2.45, 2.75) is 26.4 Å². The largest absolute Gasteiger partial charge is 0.424 e. The fourth-order valence-electron chi connectivity index (χ4n) is 3.00. The maximum absolute atomic E-state index is 9.25. The van der Waals surface area contributed by atoms with E-state index < -0.39 is 0 Å². The maximum atomic E-state index is 9.25. The lowest BCUT2D eigenvalue weighted by atomic mass is 10.1. The van der Waals surface area contributed by atoms with Gasteiger partial charge in [0.05, 0.1) is 12.3 Å². The lowest BCUT2D eigenvalue weighted by Gasteiger charge is -2.01. The Labute approximate surface area is 138 Å². The molecular formula is C18H18N4O2. The average molecular weight is 322 g/mol. The van der Waals surface area contributed by atoms with E-state index in [-0.39, 0.29) is 12.6 Å². The zero-order chi connectivity index (χ0) is 16.7. The molecule has 3 aromatic heterocycles. The van der Waals surface area contributed by atoms with Crippen molar-refractivity contribution in [2.24, 2.45) is 0 Å². The third-order valence-electron chi connectivity index (χ3n) is 4.33. The van der Waals surface area contributed by atoms with Gasteiger partial charge < -0.3 is 19.7 Å². The second-order valence-corrected chi connectivity index (χ2v) is 5.92. The van der Waals surface area contributed by atoms with Gasteiger partial charge in [-0.3, -0.25) is 0 Å². The average Bonchev–Trinajstić information content (AvgIpc) is 3.11. The number of anilines is 1. The number of aryl methyl sites for hydroxylation is 3. The Bertz CT molecular complexity index is 1030. The second kappa shape index (κ2) is 5.65. The fraction of sp³-hybridized carbons (Fsp3) is 0.222. The van der Waals surface area contributed by atoms with Crippen LogP contribution in [0.3, 0.4) is 0 Å². The Morgan fingerprint density at radius 1 is 1.12 bits per heavy atom. The number of benzene rings is 1. The second-order valence-electron chi connectivity index (χ2n) is 5.92. The van der Waals surface area contributed by atoms with Crippen LogP contribution in [0.2, 0.25) is 0 Å². The minimum Gasteiger partial charge on any atom is -0.424 e. The molecule has 122 valence electrons. The Kier molecular flexibility index (Phi) is 3.46. The first kappa shape index (κ1) is 14.7. The number of imidazole rings is 1. The molecule has 0 atom stereocenters. The molecule has 0 aliphatic heterocycles. The van der Waals surface area contributed by atoms with Crippen molar-refractivity contribution < 1.29 is 9.52 Å². The van der Waals surface area contributed by atoms with Gasteiger partial charge in [-0.1, -0.05) is 6.07 Å². The molecule has 4 aromatic rings. The summed E-state index contributed by atoms with van der Waals surface area (Å²) in [5.74, 6) is 0. The van der Waals surface area contributed by atoms with E-state index in [0.29, 0.717) is 5.58 Å². The van der Waals surface area contributed by atoms with Crippen LogP contribution >= 0.6 is 0 Å². The number of pyridine rings is 1. The van der Waals surface area contributed by atoms with E-state index in [1.807, 2.05) is 36.5 Å². The Morgan fingerprint density at radius 3 is 2.83 bits per heavy atom. The van der Waals surface area contributed by atoms with Crippen molar-refractivity contribution in [1.82, 2.24) is 14.4 Å². The minimum atomic E-state index is 0.0259. The van der Waals surface area contributed by atoms with Gasteiger partial charge >= 0.3 is 0 Å². The number of nitrogens with zero attached hydrogens (tertiary/aromatic N) is 3. The van der Waals surface area contributed by atoms with E-state index in [1.54, 1.807) is 0 Å². The van der Waals surface area contributed by atoms with Crippen LogP contribution in [-0.4, -0.2) is 19.5 Å². The third kappa shape index (κ3) is 2.51. The molecule has 0 radical (unpaired) electrons. The summed E-state index contributed by atoms with van der Waals surface area (Å²) < 4.78 is 7.43. The number of nitrogen functional groups attached to an aromatic ring is 1. The van der Waals surface area contributed by atoms with E-state index in [4.69, 9.17) is 15.1 Å². The molecule has 0 bridgehead atoms. The van der Waals surface area contributed by atoms with Gasteiger partial charge in [-0.2, -0.15) is 4.98 Å². The van der Waals surface area contributed by atoms with Gasteiger partial charge in [0.25, 0.3) is 6.01 Å². The summed E-state index contributed by atoms with van der Waals surface area (Å²) >= 11 is 0. The van der Waals surface area contributed by atoms with Crippen molar-refractivity contribution in [3.63, 3.8) is 0 Å². The standard InChI is InChI=1S/C18H18N4O2/c1-11-14(20-17-9-13(10-23)6-7-22(11)17)4-2-12-3-5-15-16(8-12)24-18(19)21-15/h3,5-9,23H,2,4,10H2,1H3,(H2,19,21). The number of aliphatic hydroxyl groups excluding tert-OH is 1.